The van der Waals surface area contributed by atoms with E-state index in [2.05, 4.69) is 57.6 Å². The minimum absolute atomic E-state index is 0.254. The Morgan fingerprint density at radius 3 is 2.61 bits per heavy atom. The quantitative estimate of drug-likeness (QED) is 0.382. The third-order valence-electron chi connectivity index (χ3n) is 5.52. The molecular weight excluding hydrogens is 404 g/mol. The molecule has 6 rings (SSSR count). The number of benzene rings is 3. The van der Waals surface area contributed by atoms with Crippen LogP contribution in [0.5, 0.6) is 0 Å². The number of aromatic nitrogens is 3. The highest BCUT2D eigenvalue weighted by molar-refractivity contribution is 7.22. The average Bonchev–Trinajstić information content (AvgIpc) is 3.44. The molecule has 3 aromatic carbocycles. The first-order chi connectivity index (χ1) is 15.2. The molecule has 0 unspecified atom stereocenters. The molecule has 6 heteroatoms. The highest BCUT2D eigenvalue weighted by atomic mass is 32.1. The summed E-state index contributed by atoms with van der Waals surface area (Å²) in [5.41, 5.74) is 10.5. The van der Waals surface area contributed by atoms with Gasteiger partial charge in [-0.1, -0.05) is 36.4 Å². The van der Waals surface area contributed by atoms with E-state index < -0.39 is 5.91 Å². The molecule has 0 aliphatic rings. The third-order valence-corrected chi connectivity index (χ3v) is 6.67. The Balaban J connectivity index is 1.66. The molecular formula is C25H16N4OS. The van der Waals surface area contributed by atoms with Crippen molar-refractivity contribution in [2.45, 2.75) is 0 Å². The monoisotopic (exact) mass is 420 g/mol. The largest absolute Gasteiger partial charge is 0.364 e. The van der Waals surface area contributed by atoms with Gasteiger partial charge in [-0.2, -0.15) is 5.10 Å². The molecule has 6 aromatic rings. The van der Waals surface area contributed by atoms with Crippen molar-refractivity contribution in [1.29, 1.82) is 0 Å². The Hall–Kier alpha value is -4.03. The van der Waals surface area contributed by atoms with E-state index in [0.29, 0.717) is 0 Å². The van der Waals surface area contributed by atoms with E-state index in [1.807, 2.05) is 30.5 Å². The molecule has 0 bridgehead atoms. The summed E-state index contributed by atoms with van der Waals surface area (Å²) >= 11 is 1.75. The van der Waals surface area contributed by atoms with Crippen LogP contribution in [0.25, 0.3) is 53.5 Å². The highest BCUT2D eigenvalue weighted by Crippen LogP contribution is 2.40. The number of nitrogens with one attached hydrogen (secondary N) is 1. The maximum Gasteiger partial charge on any atom is 0.267 e. The SMILES string of the molecule is NC(=O)c1cc(-c2cc(-c3cc4ccccc4s3)c3[nH]ncc3c2)c2ccccc2n1. The van der Waals surface area contributed by atoms with Gasteiger partial charge in [-0.3, -0.25) is 9.89 Å². The number of para-hydroxylation sites is 1. The number of nitrogens with zero attached hydrogens (tertiary/aromatic N) is 2. The smallest absolute Gasteiger partial charge is 0.267 e. The number of primary amides is 1. The molecule has 0 aliphatic carbocycles. The van der Waals surface area contributed by atoms with E-state index in [9.17, 15) is 4.79 Å². The number of aromatic amines is 1. The summed E-state index contributed by atoms with van der Waals surface area (Å²) in [5.74, 6) is -0.541. The summed E-state index contributed by atoms with van der Waals surface area (Å²) in [5, 5.41) is 10.6. The van der Waals surface area contributed by atoms with Gasteiger partial charge in [-0.05, 0) is 52.9 Å². The Labute approximate surface area is 181 Å². The topological polar surface area (TPSA) is 84.7 Å². The molecule has 0 fully saturated rings. The third kappa shape index (κ3) is 2.88. The lowest BCUT2D eigenvalue weighted by Gasteiger charge is -2.11. The van der Waals surface area contributed by atoms with Gasteiger partial charge in [0, 0.05) is 25.9 Å². The summed E-state index contributed by atoms with van der Waals surface area (Å²) in [6.07, 6.45) is 1.83. The zero-order chi connectivity index (χ0) is 20.9. The van der Waals surface area contributed by atoms with E-state index >= 15 is 0 Å². The minimum atomic E-state index is -0.541. The first-order valence-electron chi connectivity index (χ1n) is 9.83. The Morgan fingerprint density at radius 1 is 0.903 bits per heavy atom. The van der Waals surface area contributed by atoms with E-state index in [1.54, 1.807) is 17.4 Å². The number of pyridine rings is 1. The maximum atomic E-state index is 11.9. The molecule has 5 nitrogen and oxygen atoms in total. The van der Waals surface area contributed by atoms with Gasteiger partial charge in [-0.25, -0.2) is 4.98 Å². The van der Waals surface area contributed by atoms with Gasteiger partial charge >= 0.3 is 0 Å². The Bertz CT molecular complexity index is 1600. The van der Waals surface area contributed by atoms with Crippen LogP contribution in [0.1, 0.15) is 10.5 Å². The number of hydrogen-bond acceptors (Lipinski definition) is 4. The van der Waals surface area contributed by atoms with E-state index in [1.165, 1.54) is 10.1 Å². The van der Waals surface area contributed by atoms with Crippen molar-refractivity contribution in [2.24, 2.45) is 5.73 Å². The van der Waals surface area contributed by atoms with Gasteiger partial charge in [-0.15, -0.1) is 11.3 Å². The number of nitrogens with two attached hydrogens (primary N) is 1. The lowest BCUT2D eigenvalue weighted by Crippen LogP contribution is -2.13. The predicted octanol–water partition coefficient (Wildman–Crippen LogP) is 5.76. The molecule has 3 heterocycles. The van der Waals surface area contributed by atoms with E-state index in [0.717, 1.165) is 43.4 Å². The van der Waals surface area contributed by atoms with Crippen LogP contribution in [-0.4, -0.2) is 21.1 Å². The van der Waals surface area contributed by atoms with Gasteiger partial charge in [0.1, 0.15) is 5.69 Å². The molecule has 1 amide bonds. The fourth-order valence-electron chi connectivity index (χ4n) is 4.06. The van der Waals surface area contributed by atoms with E-state index in [4.69, 9.17) is 5.73 Å². The van der Waals surface area contributed by atoms with Crippen LogP contribution in [-0.2, 0) is 0 Å². The Kier molecular flexibility index (Phi) is 3.88. The lowest BCUT2D eigenvalue weighted by molar-refractivity contribution is 0.0996. The fourth-order valence-corrected chi connectivity index (χ4v) is 5.15. The second-order valence-corrected chi connectivity index (χ2v) is 8.53. The van der Waals surface area contributed by atoms with Crippen molar-refractivity contribution in [1.82, 2.24) is 15.2 Å². The number of hydrogen-bond donors (Lipinski definition) is 2. The number of fused-ring (bicyclic) bond motifs is 3. The first kappa shape index (κ1) is 17.8. The highest BCUT2D eigenvalue weighted by Gasteiger charge is 2.16. The second kappa shape index (κ2) is 6.75. The predicted molar refractivity (Wildman–Crippen MR) is 126 cm³/mol. The number of amides is 1. The molecule has 148 valence electrons. The zero-order valence-corrected chi connectivity index (χ0v) is 17.1. The van der Waals surface area contributed by atoms with Crippen LogP contribution in [0.2, 0.25) is 0 Å². The van der Waals surface area contributed by atoms with Crippen LogP contribution in [0, 0.1) is 0 Å². The summed E-state index contributed by atoms with van der Waals surface area (Å²) < 4.78 is 1.24. The summed E-state index contributed by atoms with van der Waals surface area (Å²) in [7, 11) is 0. The minimum Gasteiger partial charge on any atom is -0.364 e. The number of carbonyl (C=O) groups is 1. The van der Waals surface area contributed by atoms with Gasteiger partial charge in [0.25, 0.3) is 5.91 Å². The van der Waals surface area contributed by atoms with Crippen LogP contribution in [0.15, 0.2) is 79.0 Å². The van der Waals surface area contributed by atoms with Gasteiger partial charge in [0.05, 0.1) is 17.2 Å². The van der Waals surface area contributed by atoms with Crippen molar-refractivity contribution in [2.75, 3.05) is 0 Å². The zero-order valence-electron chi connectivity index (χ0n) is 16.3. The molecule has 31 heavy (non-hydrogen) atoms. The van der Waals surface area contributed by atoms with Crippen LogP contribution in [0.4, 0.5) is 0 Å². The van der Waals surface area contributed by atoms with Crippen molar-refractivity contribution in [3.8, 4) is 21.6 Å². The molecule has 0 aliphatic heterocycles. The number of H-pyrrole nitrogens is 1. The second-order valence-electron chi connectivity index (χ2n) is 7.44. The maximum absolute atomic E-state index is 11.9. The Morgan fingerprint density at radius 2 is 1.74 bits per heavy atom. The summed E-state index contributed by atoms with van der Waals surface area (Å²) in [6, 6.07) is 24.4. The molecule has 3 N–H and O–H groups in total. The number of carbonyl (C=O) groups excluding carboxylic acids is 1. The van der Waals surface area contributed by atoms with Crippen molar-refractivity contribution < 1.29 is 4.79 Å². The standard InChI is InChI=1S/C25H16N4OS/c26-25(30)21-12-18(17-6-2-3-7-20(17)28-21)15-9-16-13-27-29-24(16)19(10-15)23-11-14-5-1-4-8-22(14)31-23/h1-13H,(H2,26,30)(H,27,29). The molecule has 0 saturated carbocycles. The van der Waals surface area contributed by atoms with Crippen molar-refractivity contribution in [3.63, 3.8) is 0 Å². The molecule has 0 spiro atoms. The van der Waals surface area contributed by atoms with Gasteiger partial charge in [0.15, 0.2) is 0 Å². The number of thiophene rings is 1. The molecule has 3 aromatic heterocycles. The van der Waals surface area contributed by atoms with Crippen LogP contribution >= 0.6 is 11.3 Å². The van der Waals surface area contributed by atoms with Gasteiger partial charge < -0.3 is 5.73 Å². The number of rotatable bonds is 3. The summed E-state index contributed by atoms with van der Waals surface area (Å²) in [4.78, 5) is 17.5. The van der Waals surface area contributed by atoms with Gasteiger partial charge in [0.2, 0.25) is 0 Å². The van der Waals surface area contributed by atoms with Crippen molar-refractivity contribution in [3.05, 3.63) is 84.7 Å². The normalized spacial score (nSPS) is 11.5. The lowest BCUT2D eigenvalue weighted by atomic mass is 9.96. The fraction of sp³-hybridized carbons (Fsp3) is 0. The average molecular weight is 420 g/mol. The molecule has 0 radical (unpaired) electrons. The van der Waals surface area contributed by atoms with Crippen molar-refractivity contribution >= 4 is 49.1 Å². The van der Waals surface area contributed by atoms with Crippen LogP contribution in [0.3, 0.4) is 0 Å². The van der Waals surface area contributed by atoms with E-state index in [-0.39, 0.29) is 5.69 Å². The molecule has 0 atom stereocenters. The summed E-state index contributed by atoms with van der Waals surface area (Å²) in [6.45, 7) is 0. The molecule has 0 saturated heterocycles. The first-order valence-corrected chi connectivity index (χ1v) is 10.6. The van der Waals surface area contributed by atoms with Crippen LogP contribution < -0.4 is 5.73 Å².